The number of carbonyl (C=O) groups is 1. The molecule has 1 aromatic rings. The summed E-state index contributed by atoms with van der Waals surface area (Å²) in [6.45, 7) is 3.72. The van der Waals surface area contributed by atoms with E-state index in [2.05, 4.69) is 6.92 Å². The highest BCUT2D eigenvalue weighted by Crippen LogP contribution is 2.17. The van der Waals surface area contributed by atoms with Gasteiger partial charge in [-0.05, 0) is 25.0 Å². The molecule has 0 atom stereocenters. The van der Waals surface area contributed by atoms with Crippen LogP contribution in [0.2, 0.25) is 0 Å². The monoisotopic (exact) mass is 282 g/mol. The van der Waals surface area contributed by atoms with Crippen molar-refractivity contribution >= 4 is 5.78 Å². The van der Waals surface area contributed by atoms with Gasteiger partial charge >= 0.3 is 0 Å². The first-order valence-corrected chi connectivity index (χ1v) is 7.55. The second-order valence-electron chi connectivity index (χ2n) is 5.38. The molecule has 0 saturated heterocycles. The van der Waals surface area contributed by atoms with E-state index in [-0.39, 0.29) is 11.3 Å². The van der Waals surface area contributed by atoms with Crippen molar-refractivity contribution < 1.29 is 13.6 Å². The van der Waals surface area contributed by atoms with Crippen molar-refractivity contribution in [1.29, 1.82) is 0 Å². The number of hydrogen-bond acceptors (Lipinski definition) is 1. The summed E-state index contributed by atoms with van der Waals surface area (Å²) in [4.78, 5) is 11.9. The van der Waals surface area contributed by atoms with Gasteiger partial charge in [-0.1, -0.05) is 45.4 Å². The lowest BCUT2D eigenvalue weighted by Gasteiger charge is -2.05. The van der Waals surface area contributed by atoms with E-state index in [0.717, 1.165) is 25.3 Å². The van der Waals surface area contributed by atoms with Gasteiger partial charge in [-0.3, -0.25) is 4.79 Å². The Morgan fingerprint density at radius 2 is 1.55 bits per heavy atom. The smallest absolute Gasteiger partial charge is 0.165 e. The molecular formula is C17H24F2O. The highest BCUT2D eigenvalue weighted by atomic mass is 19.1. The van der Waals surface area contributed by atoms with Crippen molar-refractivity contribution in [2.24, 2.45) is 0 Å². The van der Waals surface area contributed by atoms with Crippen LogP contribution >= 0.6 is 0 Å². The van der Waals surface area contributed by atoms with Gasteiger partial charge in [-0.25, -0.2) is 8.78 Å². The molecule has 0 heterocycles. The first-order chi connectivity index (χ1) is 9.56. The predicted octanol–water partition coefficient (Wildman–Crippen LogP) is 5.60. The van der Waals surface area contributed by atoms with Crippen LogP contribution in [0.15, 0.2) is 12.1 Å². The average Bonchev–Trinajstić information content (AvgIpc) is 2.41. The largest absolute Gasteiger partial charge is 0.294 e. The van der Waals surface area contributed by atoms with Crippen molar-refractivity contribution in [2.75, 3.05) is 0 Å². The topological polar surface area (TPSA) is 17.1 Å². The summed E-state index contributed by atoms with van der Waals surface area (Å²) in [5, 5.41) is 0. The maximum Gasteiger partial charge on any atom is 0.165 e. The van der Waals surface area contributed by atoms with Gasteiger partial charge in [-0.2, -0.15) is 0 Å². The van der Waals surface area contributed by atoms with Gasteiger partial charge in [0.05, 0.1) is 5.56 Å². The number of benzene rings is 1. The fourth-order valence-corrected chi connectivity index (χ4v) is 2.25. The van der Waals surface area contributed by atoms with E-state index in [1.54, 1.807) is 6.92 Å². The quantitative estimate of drug-likeness (QED) is 0.426. The van der Waals surface area contributed by atoms with Gasteiger partial charge < -0.3 is 0 Å². The lowest BCUT2D eigenvalue weighted by atomic mass is 10.0. The van der Waals surface area contributed by atoms with E-state index in [0.29, 0.717) is 12.0 Å². The highest BCUT2D eigenvalue weighted by Gasteiger charge is 2.14. The first-order valence-electron chi connectivity index (χ1n) is 7.55. The molecule has 0 radical (unpaired) electrons. The van der Waals surface area contributed by atoms with E-state index < -0.39 is 11.6 Å². The third kappa shape index (κ3) is 5.40. The number of Topliss-reactive ketones (excluding diaryl/α,β-unsaturated/α-hetero) is 1. The number of rotatable bonds is 9. The van der Waals surface area contributed by atoms with Crippen LogP contribution in [0, 0.1) is 18.6 Å². The molecule has 1 rings (SSSR count). The number of aryl methyl sites for hydroxylation is 1. The third-order valence-corrected chi connectivity index (χ3v) is 3.56. The van der Waals surface area contributed by atoms with Crippen LogP contribution in [0.1, 0.15) is 74.2 Å². The molecule has 3 heteroatoms. The average molecular weight is 282 g/mol. The van der Waals surface area contributed by atoms with Crippen LogP contribution in [-0.4, -0.2) is 5.78 Å². The van der Waals surface area contributed by atoms with Crippen LogP contribution in [0.25, 0.3) is 0 Å². The molecule has 0 spiro atoms. The molecule has 20 heavy (non-hydrogen) atoms. The summed E-state index contributed by atoms with van der Waals surface area (Å²) in [5.74, 6) is -1.57. The van der Waals surface area contributed by atoms with Gasteiger partial charge in [-0.15, -0.1) is 0 Å². The number of halogens is 2. The molecule has 1 aromatic carbocycles. The first kappa shape index (κ1) is 16.8. The summed E-state index contributed by atoms with van der Waals surface area (Å²) in [7, 11) is 0. The van der Waals surface area contributed by atoms with Crippen LogP contribution in [0.4, 0.5) is 8.78 Å². The van der Waals surface area contributed by atoms with Gasteiger partial charge in [0.1, 0.15) is 11.6 Å². The molecule has 0 unspecified atom stereocenters. The molecule has 0 aliphatic rings. The van der Waals surface area contributed by atoms with Gasteiger partial charge in [0, 0.05) is 12.5 Å². The Labute approximate surface area is 120 Å². The predicted molar refractivity (Wildman–Crippen MR) is 78.0 cm³/mol. The van der Waals surface area contributed by atoms with E-state index >= 15 is 0 Å². The minimum absolute atomic E-state index is 0.0230. The maximum atomic E-state index is 13.5. The molecular weight excluding hydrogens is 258 g/mol. The molecule has 0 bridgehead atoms. The number of unbranched alkanes of at least 4 members (excludes halogenated alkanes) is 6. The molecule has 0 N–H and O–H groups in total. The molecule has 1 nitrogen and oxygen atoms in total. The van der Waals surface area contributed by atoms with Gasteiger partial charge in [0.15, 0.2) is 5.78 Å². The van der Waals surface area contributed by atoms with E-state index in [9.17, 15) is 13.6 Å². The Morgan fingerprint density at radius 1 is 0.950 bits per heavy atom. The lowest BCUT2D eigenvalue weighted by molar-refractivity contribution is 0.0975. The standard InChI is InChI=1S/C17H24F2O/c1-3-4-5-6-7-8-9-10-17(20)14-11-13(2)15(18)12-16(14)19/h11-12H,3-10H2,1-2H3. The lowest BCUT2D eigenvalue weighted by Crippen LogP contribution is -2.04. The zero-order chi connectivity index (χ0) is 15.0. The van der Waals surface area contributed by atoms with E-state index in [4.69, 9.17) is 0 Å². The Hall–Kier alpha value is -1.25. The highest BCUT2D eigenvalue weighted by molar-refractivity contribution is 5.96. The van der Waals surface area contributed by atoms with Crippen molar-refractivity contribution in [1.82, 2.24) is 0 Å². The summed E-state index contributed by atoms with van der Waals surface area (Å²) in [5.41, 5.74) is 0.337. The van der Waals surface area contributed by atoms with Gasteiger partial charge in [0.25, 0.3) is 0 Å². The van der Waals surface area contributed by atoms with Crippen molar-refractivity contribution in [3.05, 3.63) is 34.9 Å². The van der Waals surface area contributed by atoms with E-state index in [1.165, 1.54) is 31.7 Å². The van der Waals surface area contributed by atoms with E-state index in [1.807, 2.05) is 0 Å². The van der Waals surface area contributed by atoms with Crippen molar-refractivity contribution in [2.45, 2.75) is 65.2 Å². The van der Waals surface area contributed by atoms with Crippen LogP contribution in [0.3, 0.4) is 0 Å². The molecule has 0 aliphatic heterocycles. The summed E-state index contributed by atoms with van der Waals surface area (Å²) in [6.07, 6.45) is 8.18. The van der Waals surface area contributed by atoms with Crippen LogP contribution in [0.5, 0.6) is 0 Å². The zero-order valence-electron chi connectivity index (χ0n) is 12.5. The Kier molecular flexibility index (Phi) is 7.42. The second kappa shape index (κ2) is 8.83. The van der Waals surface area contributed by atoms with Gasteiger partial charge in [0.2, 0.25) is 0 Å². The number of hydrogen-bond donors (Lipinski definition) is 0. The molecule has 0 amide bonds. The molecule has 0 aliphatic carbocycles. The zero-order valence-corrected chi connectivity index (χ0v) is 12.5. The third-order valence-electron chi connectivity index (χ3n) is 3.56. The normalized spacial score (nSPS) is 10.8. The fraction of sp³-hybridized carbons (Fsp3) is 0.588. The van der Waals surface area contributed by atoms with Crippen LogP contribution < -0.4 is 0 Å². The molecule has 0 aromatic heterocycles. The Morgan fingerprint density at radius 3 is 2.20 bits per heavy atom. The minimum Gasteiger partial charge on any atom is -0.294 e. The van der Waals surface area contributed by atoms with Crippen molar-refractivity contribution in [3.8, 4) is 0 Å². The Bertz CT molecular complexity index is 441. The Balaban J connectivity index is 2.34. The molecule has 0 fully saturated rings. The summed E-state index contributed by atoms with van der Waals surface area (Å²) < 4.78 is 26.7. The van der Waals surface area contributed by atoms with Crippen molar-refractivity contribution in [3.63, 3.8) is 0 Å². The molecule has 0 saturated carbocycles. The SMILES string of the molecule is CCCCCCCCCC(=O)c1cc(C)c(F)cc1F. The number of carbonyl (C=O) groups excluding carboxylic acids is 1. The summed E-state index contributed by atoms with van der Waals surface area (Å²) in [6, 6.07) is 2.11. The van der Waals surface area contributed by atoms with Crippen LogP contribution in [-0.2, 0) is 0 Å². The molecule has 112 valence electrons. The maximum absolute atomic E-state index is 13.5. The number of ketones is 1. The summed E-state index contributed by atoms with van der Waals surface area (Å²) >= 11 is 0. The fourth-order valence-electron chi connectivity index (χ4n) is 2.25. The second-order valence-corrected chi connectivity index (χ2v) is 5.38. The minimum atomic E-state index is -0.749.